The molecule has 19 heavy (non-hydrogen) atoms. The van der Waals surface area contributed by atoms with Crippen LogP contribution in [0.5, 0.6) is 0 Å². The SMILES string of the molecule is COC(=O)c1cc(C(=O)OC)c2cccc(C)c2n1. The lowest BCUT2D eigenvalue weighted by molar-refractivity contribution is 0.0594. The number of pyridine rings is 1. The average Bonchev–Trinajstić information content (AvgIpc) is 2.45. The van der Waals surface area contributed by atoms with Crippen LogP contribution in [-0.2, 0) is 9.47 Å². The summed E-state index contributed by atoms with van der Waals surface area (Å²) in [5.74, 6) is -1.10. The van der Waals surface area contributed by atoms with Gasteiger partial charge in [-0.05, 0) is 18.6 Å². The van der Waals surface area contributed by atoms with Gasteiger partial charge in [-0.1, -0.05) is 18.2 Å². The van der Waals surface area contributed by atoms with Crippen LogP contribution in [0.4, 0.5) is 0 Å². The summed E-state index contributed by atoms with van der Waals surface area (Å²) in [5.41, 5.74) is 1.85. The third kappa shape index (κ3) is 2.27. The minimum Gasteiger partial charge on any atom is -0.465 e. The van der Waals surface area contributed by atoms with Crippen LogP contribution in [0, 0.1) is 6.92 Å². The van der Waals surface area contributed by atoms with Crippen molar-refractivity contribution in [3.63, 3.8) is 0 Å². The van der Waals surface area contributed by atoms with E-state index in [1.807, 2.05) is 19.1 Å². The third-order valence-corrected chi connectivity index (χ3v) is 2.84. The smallest absolute Gasteiger partial charge is 0.356 e. The van der Waals surface area contributed by atoms with Gasteiger partial charge in [0.25, 0.3) is 0 Å². The molecule has 0 fully saturated rings. The maximum absolute atomic E-state index is 11.8. The number of benzene rings is 1. The molecule has 1 aromatic carbocycles. The highest BCUT2D eigenvalue weighted by Gasteiger charge is 2.17. The molecule has 0 aliphatic rings. The molecule has 5 nitrogen and oxygen atoms in total. The molecule has 0 unspecified atom stereocenters. The number of carbonyl (C=O) groups is 2. The fourth-order valence-electron chi connectivity index (χ4n) is 1.88. The molecule has 98 valence electrons. The monoisotopic (exact) mass is 259 g/mol. The number of hydrogen-bond donors (Lipinski definition) is 0. The Bertz CT molecular complexity index is 664. The molecule has 0 bridgehead atoms. The highest BCUT2D eigenvalue weighted by atomic mass is 16.5. The number of methoxy groups -OCH3 is 2. The molecular weight excluding hydrogens is 246 g/mol. The molecule has 0 amide bonds. The lowest BCUT2D eigenvalue weighted by atomic mass is 10.0. The predicted octanol–water partition coefficient (Wildman–Crippen LogP) is 2.12. The standard InChI is InChI=1S/C14H13NO4/c1-8-5-4-6-9-10(13(16)18-2)7-11(14(17)19-3)15-12(8)9/h4-7H,1-3H3. The summed E-state index contributed by atoms with van der Waals surface area (Å²) in [6, 6.07) is 6.84. The minimum atomic E-state index is -0.588. The average molecular weight is 259 g/mol. The molecule has 0 saturated heterocycles. The molecule has 0 saturated carbocycles. The Labute approximate surface area is 110 Å². The largest absolute Gasteiger partial charge is 0.465 e. The van der Waals surface area contributed by atoms with Crippen LogP contribution in [0.3, 0.4) is 0 Å². The van der Waals surface area contributed by atoms with Crippen LogP contribution in [0.1, 0.15) is 26.4 Å². The molecule has 0 spiro atoms. The Kier molecular flexibility index (Phi) is 3.46. The van der Waals surface area contributed by atoms with Crippen molar-refractivity contribution >= 4 is 22.8 Å². The Morgan fingerprint density at radius 2 is 1.79 bits per heavy atom. The zero-order valence-corrected chi connectivity index (χ0v) is 10.9. The van der Waals surface area contributed by atoms with E-state index in [1.165, 1.54) is 20.3 Å². The van der Waals surface area contributed by atoms with Gasteiger partial charge < -0.3 is 9.47 Å². The van der Waals surface area contributed by atoms with Crippen molar-refractivity contribution in [1.29, 1.82) is 0 Å². The number of aryl methyl sites for hydroxylation is 1. The van der Waals surface area contributed by atoms with Crippen molar-refractivity contribution in [3.8, 4) is 0 Å². The van der Waals surface area contributed by atoms with Gasteiger partial charge in [-0.15, -0.1) is 0 Å². The van der Waals surface area contributed by atoms with E-state index in [4.69, 9.17) is 4.74 Å². The number of aromatic nitrogens is 1. The second-order valence-corrected chi connectivity index (χ2v) is 4.01. The van der Waals surface area contributed by atoms with E-state index >= 15 is 0 Å². The Hall–Kier alpha value is -2.43. The van der Waals surface area contributed by atoms with Gasteiger partial charge >= 0.3 is 11.9 Å². The van der Waals surface area contributed by atoms with Crippen molar-refractivity contribution in [2.45, 2.75) is 6.92 Å². The number of para-hydroxylation sites is 1. The quantitative estimate of drug-likeness (QED) is 0.773. The second-order valence-electron chi connectivity index (χ2n) is 4.01. The van der Waals surface area contributed by atoms with Crippen molar-refractivity contribution in [2.75, 3.05) is 14.2 Å². The maximum atomic E-state index is 11.8. The van der Waals surface area contributed by atoms with Gasteiger partial charge in [0.05, 0.1) is 25.3 Å². The number of hydrogen-bond acceptors (Lipinski definition) is 5. The van der Waals surface area contributed by atoms with Gasteiger partial charge in [-0.2, -0.15) is 0 Å². The van der Waals surface area contributed by atoms with Gasteiger partial charge in [0, 0.05) is 5.39 Å². The van der Waals surface area contributed by atoms with Gasteiger partial charge in [0.15, 0.2) is 0 Å². The minimum absolute atomic E-state index is 0.0877. The van der Waals surface area contributed by atoms with Crippen LogP contribution in [0.2, 0.25) is 0 Å². The maximum Gasteiger partial charge on any atom is 0.356 e. The molecule has 0 aliphatic carbocycles. The number of rotatable bonds is 2. The van der Waals surface area contributed by atoms with Crippen LogP contribution < -0.4 is 0 Å². The highest BCUT2D eigenvalue weighted by molar-refractivity contribution is 6.06. The van der Waals surface area contributed by atoms with Crippen LogP contribution in [0.15, 0.2) is 24.3 Å². The van der Waals surface area contributed by atoms with E-state index in [1.54, 1.807) is 6.07 Å². The molecule has 5 heteroatoms. The lowest BCUT2D eigenvalue weighted by Gasteiger charge is -2.08. The molecule has 0 N–H and O–H groups in total. The number of esters is 2. The van der Waals surface area contributed by atoms with Crippen molar-refractivity contribution in [1.82, 2.24) is 4.98 Å². The Morgan fingerprint density at radius 1 is 1.11 bits per heavy atom. The van der Waals surface area contributed by atoms with E-state index in [0.29, 0.717) is 16.5 Å². The summed E-state index contributed by atoms with van der Waals surface area (Å²) < 4.78 is 9.37. The summed E-state index contributed by atoms with van der Waals surface area (Å²) >= 11 is 0. The summed E-state index contributed by atoms with van der Waals surface area (Å²) in [4.78, 5) is 27.6. The molecule has 1 aromatic heterocycles. The first-order valence-corrected chi connectivity index (χ1v) is 5.65. The topological polar surface area (TPSA) is 65.5 Å². The number of fused-ring (bicyclic) bond motifs is 1. The summed E-state index contributed by atoms with van der Waals surface area (Å²) in [7, 11) is 2.56. The lowest BCUT2D eigenvalue weighted by Crippen LogP contribution is -2.10. The first-order valence-electron chi connectivity index (χ1n) is 5.65. The second kappa shape index (κ2) is 5.06. The Balaban J connectivity index is 2.80. The summed E-state index contributed by atoms with van der Waals surface area (Å²) in [5, 5.41) is 0.652. The van der Waals surface area contributed by atoms with Gasteiger partial charge in [-0.25, -0.2) is 14.6 Å². The van der Waals surface area contributed by atoms with E-state index in [2.05, 4.69) is 9.72 Å². The molecule has 0 aliphatic heterocycles. The first kappa shape index (κ1) is 13.0. The highest BCUT2D eigenvalue weighted by Crippen LogP contribution is 2.22. The van der Waals surface area contributed by atoms with Gasteiger partial charge in [0.1, 0.15) is 5.69 Å². The Morgan fingerprint density at radius 3 is 2.42 bits per heavy atom. The molecular formula is C14H13NO4. The predicted molar refractivity (Wildman–Crippen MR) is 69.2 cm³/mol. The number of nitrogens with zero attached hydrogens (tertiary/aromatic N) is 1. The zero-order chi connectivity index (χ0) is 14.0. The molecule has 0 atom stereocenters. The van der Waals surface area contributed by atoms with E-state index in [-0.39, 0.29) is 5.69 Å². The fraction of sp³-hybridized carbons (Fsp3) is 0.214. The summed E-state index contributed by atoms with van der Waals surface area (Å²) in [6.45, 7) is 1.86. The van der Waals surface area contributed by atoms with Crippen LogP contribution in [0.25, 0.3) is 10.9 Å². The third-order valence-electron chi connectivity index (χ3n) is 2.84. The number of carbonyl (C=O) groups excluding carboxylic acids is 2. The van der Waals surface area contributed by atoms with Crippen molar-refractivity contribution in [3.05, 3.63) is 41.1 Å². The number of ether oxygens (including phenoxy) is 2. The van der Waals surface area contributed by atoms with Crippen LogP contribution in [-0.4, -0.2) is 31.1 Å². The zero-order valence-electron chi connectivity index (χ0n) is 10.9. The van der Waals surface area contributed by atoms with E-state index < -0.39 is 11.9 Å². The first-order chi connectivity index (χ1) is 9.08. The van der Waals surface area contributed by atoms with Crippen molar-refractivity contribution in [2.24, 2.45) is 0 Å². The normalized spacial score (nSPS) is 10.3. The van der Waals surface area contributed by atoms with Crippen molar-refractivity contribution < 1.29 is 19.1 Å². The molecule has 1 heterocycles. The van der Waals surface area contributed by atoms with Crippen LogP contribution >= 0.6 is 0 Å². The molecule has 0 radical (unpaired) electrons. The van der Waals surface area contributed by atoms with Gasteiger partial charge in [-0.3, -0.25) is 0 Å². The molecule has 2 aromatic rings. The van der Waals surface area contributed by atoms with E-state index in [0.717, 1.165) is 5.56 Å². The van der Waals surface area contributed by atoms with Gasteiger partial charge in [0.2, 0.25) is 0 Å². The fourth-order valence-corrected chi connectivity index (χ4v) is 1.88. The summed E-state index contributed by atoms with van der Waals surface area (Å²) in [6.07, 6.45) is 0. The van der Waals surface area contributed by atoms with E-state index in [9.17, 15) is 9.59 Å². The molecule has 2 rings (SSSR count).